The number of hydrazine groups is 1. The Labute approximate surface area is 168 Å². The molecule has 30 heavy (non-hydrogen) atoms. The topological polar surface area (TPSA) is 130 Å². The standard InChI is InChI=1S/C18H17F3N6O3/c1-17(6-7-25-15(17)29)16(30)27(22)14(28)12-13(24-9-8-23-12)26-11-4-2-10(3-5-11)18(19,20)21/h2-5,8-9H,6-7,22H2,1H3,(H,24,26)(H,25,29). The van der Waals surface area contributed by atoms with Gasteiger partial charge in [0.1, 0.15) is 5.41 Å². The van der Waals surface area contributed by atoms with Gasteiger partial charge in [0.15, 0.2) is 11.5 Å². The summed E-state index contributed by atoms with van der Waals surface area (Å²) in [6.45, 7) is 1.65. The van der Waals surface area contributed by atoms with Crippen LogP contribution in [0.25, 0.3) is 0 Å². The minimum absolute atomic E-state index is 0.119. The van der Waals surface area contributed by atoms with E-state index in [-0.39, 0.29) is 30.2 Å². The maximum Gasteiger partial charge on any atom is 0.416 e. The van der Waals surface area contributed by atoms with Crippen LogP contribution in [0.1, 0.15) is 29.4 Å². The molecule has 9 nitrogen and oxygen atoms in total. The van der Waals surface area contributed by atoms with E-state index in [9.17, 15) is 27.6 Å². The summed E-state index contributed by atoms with van der Waals surface area (Å²) in [5, 5.41) is 5.49. The number of imide groups is 1. The number of amides is 3. The zero-order chi connectivity index (χ0) is 22.1. The Morgan fingerprint density at radius 1 is 1.20 bits per heavy atom. The first-order valence-corrected chi connectivity index (χ1v) is 8.71. The van der Waals surface area contributed by atoms with E-state index in [1.807, 2.05) is 0 Å². The third kappa shape index (κ3) is 3.94. The minimum Gasteiger partial charge on any atom is -0.355 e. The summed E-state index contributed by atoms with van der Waals surface area (Å²) in [5.74, 6) is 3.09. The van der Waals surface area contributed by atoms with E-state index < -0.39 is 34.9 Å². The number of aromatic nitrogens is 2. The Balaban J connectivity index is 1.83. The maximum atomic E-state index is 12.7. The van der Waals surface area contributed by atoms with Crippen molar-refractivity contribution in [3.8, 4) is 0 Å². The molecule has 0 radical (unpaired) electrons. The number of nitrogens with zero attached hydrogens (tertiary/aromatic N) is 3. The second-order valence-electron chi connectivity index (χ2n) is 6.77. The average Bonchev–Trinajstić information content (AvgIpc) is 3.06. The van der Waals surface area contributed by atoms with Crippen LogP contribution in [0.3, 0.4) is 0 Å². The second-order valence-corrected chi connectivity index (χ2v) is 6.77. The van der Waals surface area contributed by atoms with Gasteiger partial charge in [-0.25, -0.2) is 20.8 Å². The predicted molar refractivity (Wildman–Crippen MR) is 97.9 cm³/mol. The number of benzene rings is 1. The molecule has 1 aromatic carbocycles. The van der Waals surface area contributed by atoms with Gasteiger partial charge >= 0.3 is 6.18 Å². The first-order valence-electron chi connectivity index (χ1n) is 8.71. The van der Waals surface area contributed by atoms with Crippen molar-refractivity contribution in [2.24, 2.45) is 11.3 Å². The summed E-state index contributed by atoms with van der Waals surface area (Å²) >= 11 is 0. The van der Waals surface area contributed by atoms with Crippen molar-refractivity contribution in [2.45, 2.75) is 19.5 Å². The van der Waals surface area contributed by atoms with Crippen LogP contribution < -0.4 is 16.5 Å². The van der Waals surface area contributed by atoms with E-state index in [0.29, 0.717) is 5.01 Å². The Morgan fingerprint density at radius 2 is 1.83 bits per heavy atom. The molecular weight excluding hydrogens is 405 g/mol. The van der Waals surface area contributed by atoms with Gasteiger partial charge < -0.3 is 10.6 Å². The van der Waals surface area contributed by atoms with Crippen LogP contribution in [0.5, 0.6) is 0 Å². The molecule has 2 heterocycles. The lowest BCUT2D eigenvalue weighted by molar-refractivity contribution is -0.145. The van der Waals surface area contributed by atoms with Gasteiger partial charge in [-0.2, -0.15) is 13.2 Å². The number of carbonyl (C=O) groups is 3. The fourth-order valence-electron chi connectivity index (χ4n) is 2.88. The lowest BCUT2D eigenvalue weighted by Gasteiger charge is -2.24. The predicted octanol–water partition coefficient (Wildman–Crippen LogP) is 1.61. The zero-order valence-corrected chi connectivity index (χ0v) is 15.7. The Hall–Kier alpha value is -3.54. The summed E-state index contributed by atoms with van der Waals surface area (Å²) in [6, 6.07) is 4.03. The van der Waals surface area contributed by atoms with Gasteiger partial charge in [-0.3, -0.25) is 14.4 Å². The number of anilines is 2. The van der Waals surface area contributed by atoms with E-state index >= 15 is 0 Å². The summed E-state index contributed by atoms with van der Waals surface area (Å²) in [5.41, 5.74) is -2.47. The average molecular weight is 422 g/mol. The smallest absolute Gasteiger partial charge is 0.355 e. The van der Waals surface area contributed by atoms with Crippen LogP contribution >= 0.6 is 0 Å². The van der Waals surface area contributed by atoms with Crippen LogP contribution in [0, 0.1) is 5.41 Å². The van der Waals surface area contributed by atoms with Gasteiger partial charge in [0.2, 0.25) is 5.91 Å². The molecule has 3 amide bonds. The number of nitrogens with one attached hydrogen (secondary N) is 2. The van der Waals surface area contributed by atoms with Crippen molar-refractivity contribution in [1.82, 2.24) is 20.3 Å². The van der Waals surface area contributed by atoms with Crippen LogP contribution in [0.2, 0.25) is 0 Å². The van der Waals surface area contributed by atoms with Gasteiger partial charge in [-0.05, 0) is 37.6 Å². The van der Waals surface area contributed by atoms with Gasteiger partial charge in [0.25, 0.3) is 11.8 Å². The molecule has 1 aromatic heterocycles. The highest BCUT2D eigenvalue weighted by atomic mass is 19.4. The van der Waals surface area contributed by atoms with Gasteiger partial charge in [0, 0.05) is 24.6 Å². The Kier molecular flexibility index (Phi) is 5.44. The fraction of sp³-hybridized carbons (Fsp3) is 0.278. The molecule has 1 fully saturated rings. The molecule has 0 saturated carbocycles. The van der Waals surface area contributed by atoms with E-state index in [1.165, 1.54) is 19.3 Å². The van der Waals surface area contributed by atoms with E-state index in [0.717, 1.165) is 24.3 Å². The van der Waals surface area contributed by atoms with Crippen molar-refractivity contribution in [2.75, 3.05) is 11.9 Å². The van der Waals surface area contributed by atoms with Crippen LogP contribution in [-0.2, 0) is 15.8 Å². The first kappa shape index (κ1) is 21.2. The molecule has 1 aliphatic heterocycles. The van der Waals surface area contributed by atoms with Gasteiger partial charge in [0.05, 0.1) is 5.56 Å². The molecule has 0 spiro atoms. The Bertz CT molecular complexity index is 995. The molecule has 1 saturated heterocycles. The van der Waals surface area contributed by atoms with Crippen LogP contribution in [0.4, 0.5) is 24.7 Å². The molecule has 1 aliphatic rings. The third-order valence-corrected chi connectivity index (χ3v) is 4.70. The van der Waals surface area contributed by atoms with Gasteiger partial charge in [-0.1, -0.05) is 0 Å². The molecular formula is C18H17F3N6O3. The lowest BCUT2D eigenvalue weighted by atomic mass is 9.87. The van der Waals surface area contributed by atoms with E-state index in [2.05, 4.69) is 20.6 Å². The SMILES string of the molecule is CC1(C(=O)N(N)C(=O)c2nccnc2Nc2ccc(C(F)(F)F)cc2)CCNC1=O. The molecule has 3 rings (SSSR count). The fourth-order valence-corrected chi connectivity index (χ4v) is 2.88. The van der Waals surface area contributed by atoms with Crippen LogP contribution in [-0.4, -0.2) is 39.2 Å². The molecule has 1 unspecified atom stereocenters. The zero-order valence-electron chi connectivity index (χ0n) is 15.7. The molecule has 158 valence electrons. The maximum absolute atomic E-state index is 12.7. The molecule has 4 N–H and O–H groups in total. The third-order valence-electron chi connectivity index (χ3n) is 4.70. The first-order chi connectivity index (χ1) is 14.0. The van der Waals surface area contributed by atoms with Crippen molar-refractivity contribution in [3.05, 3.63) is 47.9 Å². The van der Waals surface area contributed by atoms with Crippen molar-refractivity contribution in [3.63, 3.8) is 0 Å². The van der Waals surface area contributed by atoms with E-state index in [1.54, 1.807) is 0 Å². The van der Waals surface area contributed by atoms with Crippen molar-refractivity contribution < 1.29 is 27.6 Å². The molecule has 1 atom stereocenters. The quantitative estimate of drug-likeness (QED) is 0.224. The number of halogens is 3. The number of hydrogen-bond acceptors (Lipinski definition) is 7. The Morgan fingerprint density at radius 3 is 2.40 bits per heavy atom. The number of rotatable bonds is 4. The minimum atomic E-state index is -4.49. The van der Waals surface area contributed by atoms with Gasteiger partial charge in [-0.15, -0.1) is 0 Å². The molecule has 0 aliphatic carbocycles. The summed E-state index contributed by atoms with van der Waals surface area (Å²) in [7, 11) is 0. The summed E-state index contributed by atoms with van der Waals surface area (Å²) in [4.78, 5) is 45.2. The van der Waals surface area contributed by atoms with E-state index in [4.69, 9.17) is 5.84 Å². The molecule has 12 heteroatoms. The van der Waals surface area contributed by atoms with Crippen molar-refractivity contribution >= 4 is 29.2 Å². The number of hydrogen-bond donors (Lipinski definition) is 3. The number of alkyl halides is 3. The lowest BCUT2D eigenvalue weighted by Crippen LogP contribution is -2.52. The normalized spacial score (nSPS) is 18.6. The summed E-state index contributed by atoms with van der Waals surface area (Å²) in [6.07, 6.45) is -1.89. The highest BCUT2D eigenvalue weighted by Crippen LogP contribution is 2.31. The highest BCUT2D eigenvalue weighted by Gasteiger charge is 2.48. The number of nitrogens with two attached hydrogens (primary N) is 1. The molecule has 2 aromatic rings. The molecule has 0 bridgehead atoms. The monoisotopic (exact) mass is 422 g/mol. The summed E-state index contributed by atoms with van der Waals surface area (Å²) < 4.78 is 38.1. The second kappa shape index (κ2) is 7.71. The largest absolute Gasteiger partial charge is 0.416 e. The number of carbonyl (C=O) groups excluding carboxylic acids is 3. The van der Waals surface area contributed by atoms with Crippen molar-refractivity contribution in [1.29, 1.82) is 0 Å². The highest BCUT2D eigenvalue weighted by molar-refractivity contribution is 6.14. The van der Waals surface area contributed by atoms with Crippen LogP contribution in [0.15, 0.2) is 36.7 Å².